The molecule has 1 aliphatic heterocycles. The topological polar surface area (TPSA) is 112 Å². The number of rotatable bonds is 7. The first kappa shape index (κ1) is 26.0. The standard InChI is InChI=1S/C30H32N6O3/c1-20-28(19-35(2)34-20)30(39)33-25-11-7-23(8-12-25)31-22-5-9-24(10-6-22)32-29(38)21-3-13-26(14-4-21)36-17-15-27(37)16-18-36/h3-14,19,27,31,37H,15-18H2,1-2H3,(H,32,38)(H,33,39). The number of hydrogen-bond acceptors (Lipinski definition) is 6. The second-order valence-corrected chi connectivity index (χ2v) is 9.75. The van der Waals surface area contributed by atoms with E-state index in [9.17, 15) is 14.7 Å². The molecule has 9 heteroatoms. The predicted octanol–water partition coefficient (Wildman–Crippen LogP) is 4.94. The zero-order chi connectivity index (χ0) is 27.4. The van der Waals surface area contributed by atoms with Gasteiger partial charge in [-0.15, -0.1) is 0 Å². The number of aromatic nitrogens is 2. The van der Waals surface area contributed by atoms with Gasteiger partial charge in [0.1, 0.15) is 0 Å². The number of aliphatic hydroxyl groups is 1. The molecule has 1 fully saturated rings. The monoisotopic (exact) mass is 524 g/mol. The van der Waals surface area contributed by atoms with Gasteiger partial charge in [0.2, 0.25) is 0 Å². The van der Waals surface area contributed by atoms with E-state index in [1.54, 1.807) is 24.9 Å². The van der Waals surface area contributed by atoms with Gasteiger partial charge < -0.3 is 26.0 Å². The lowest BCUT2D eigenvalue weighted by Gasteiger charge is -2.31. The fourth-order valence-corrected chi connectivity index (χ4v) is 4.61. The molecule has 9 nitrogen and oxygen atoms in total. The lowest BCUT2D eigenvalue weighted by atomic mass is 10.1. The number of benzene rings is 3. The van der Waals surface area contributed by atoms with Gasteiger partial charge in [-0.2, -0.15) is 5.10 Å². The number of anilines is 5. The molecule has 2 heterocycles. The van der Waals surface area contributed by atoms with Crippen molar-refractivity contribution in [1.82, 2.24) is 9.78 Å². The third kappa shape index (κ3) is 6.45. The molecule has 3 aromatic carbocycles. The Kier molecular flexibility index (Phi) is 7.60. The molecule has 1 aliphatic rings. The Morgan fingerprint density at radius 2 is 1.31 bits per heavy atom. The minimum absolute atomic E-state index is 0.171. The van der Waals surface area contributed by atoms with Crippen LogP contribution in [0.15, 0.2) is 79.0 Å². The van der Waals surface area contributed by atoms with Crippen LogP contribution in [-0.4, -0.2) is 45.9 Å². The van der Waals surface area contributed by atoms with E-state index < -0.39 is 0 Å². The molecule has 0 aliphatic carbocycles. The number of aryl methyl sites for hydroxylation is 2. The molecular weight excluding hydrogens is 492 g/mol. The van der Waals surface area contributed by atoms with E-state index in [-0.39, 0.29) is 17.9 Å². The van der Waals surface area contributed by atoms with E-state index in [4.69, 9.17) is 0 Å². The van der Waals surface area contributed by atoms with Gasteiger partial charge in [0.05, 0.1) is 17.4 Å². The molecule has 4 aromatic rings. The third-order valence-electron chi connectivity index (χ3n) is 6.79. The number of hydrogen-bond donors (Lipinski definition) is 4. The summed E-state index contributed by atoms with van der Waals surface area (Å²) in [4.78, 5) is 27.5. The fourth-order valence-electron chi connectivity index (χ4n) is 4.61. The molecular formula is C30H32N6O3. The second kappa shape index (κ2) is 11.4. The van der Waals surface area contributed by atoms with E-state index in [0.29, 0.717) is 28.2 Å². The molecule has 1 aromatic heterocycles. The molecule has 4 N–H and O–H groups in total. The Morgan fingerprint density at radius 1 is 0.795 bits per heavy atom. The molecule has 39 heavy (non-hydrogen) atoms. The number of nitrogens with one attached hydrogen (secondary N) is 3. The van der Waals surface area contributed by atoms with E-state index in [2.05, 4.69) is 25.9 Å². The number of piperidine rings is 1. The molecule has 0 unspecified atom stereocenters. The highest BCUT2D eigenvalue weighted by atomic mass is 16.3. The lowest BCUT2D eigenvalue weighted by Crippen LogP contribution is -2.35. The van der Waals surface area contributed by atoms with Crippen molar-refractivity contribution >= 4 is 40.3 Å². The molecule has 0 bridgehead atoms. The summed E-state index contributed by atoms with van der Waals surface area (Å²) < 4.78 is 1.62. The Balaban J connectivity index is 1.13. The van der Waals surface area contributed by atoms with Crippen molar-refractivity contribution in [3.63, 3.8) is 0 Å². The lowest BCUT2D eigenvalue weighted by molar-refractivity contribution is 0.101. The number of aliphatic hydroxyl groups excluding tert-OH is 1. The summed E-state index contributed by atoms with van der Waals surface area (Å²) in [5.41, 5.74) is 6.00. The number of carbonyl (C=O) groups excluding carboxylic acids is 2. The Bertz CT molecular complexity index is 1440. The summed E-state index contributed by atoms with van der Waals surface area (Å²) in [7, 11) is 1.79. The molecule has 0 saturated carbocycles. The first-order chi connectivity index (χ1) is 18.8. The normalized spacial score (nSPS) is 13.7. The molecule has 5 rings (SSSR count). The summed E-state index contributed by atoms with van der Waals surface area (Å²) in [6, 6.07) is 22.5. The molecule has 0 radical (unpaired) electrons. The van der Waals surface area contributed by atoms with Crippen molar-refractivity contribution in [2.45, 2.75) is 25.9 Å². The van der Waals surface area contributed by atoms with Crippen LogP contribution in [0.2, 0.25) is 0 Å². The smallest absolute Gasteiger partial charge is 0.259 e. The average molecular weight is 525 g/mol. The van der Waals surface area contributed by atoms with Gasteiger partial charge in [0, 0.05) is 60.3 Å². The van der Waals surface area contributed by atoms with Gasteiger partial charge in [-0.3, -0.25) is 14.3 Å². The Hall–Kier alpha value is -4.63. The maximum absolute atomic E-state index is 12.7. The summed E-state index contributed by atoms with van der Waals surface area (Å²) in [5, 5.41) is 23.1. The van der Waals surface area contributed by atoms with E-state index in [1.807, 2.05) is 72.8 Å². The maximum atomic E-state index is 12.7. The van der Waals surface area contributed by atoms with Gasteiger partial charge >= 0.3 is 0 Å². The van der Waals surface area contributed by atoms with Crippen LogP contribution in [0.4, 0.5) is 28.4 Å². The van der Waals surface area contributed by atoms with Gasteiger partial charge in [0.25, 0.3) is 11.8 Å². The van der Waals surface area contributed by atoms with Gasteiger partial charge in [0.15, 0.2) is 0 Å². The van der Waals surface area contributed by atoms with Crippen LogP contribution in [0.5, 0.6) is 0 Å². The van der Waals surface area contributed by atoms with Crippen LogP contribution < -0.4 is 20.9 Å². The van der Waals surface area contributed by atoms with Crippen molar-refractivity contribution in [1.29, 1.82) is 0 Å². The number of carbonyl (C=O) groups is 2. The Labute approximate surface area is 227 Å². The van der Waals surface area contributed by atoms with Crippen molar-refractivity contribution in [2.75, 3.05) is 33.9 Å². The van der Waals surface area contributed by atoms with Gasteiger partial charge in [-0.25, -0.2) is 0 Å². The average Bonchev–Trinajstić information content (AvgIpc) is 3.29. The summed E-state index contributed by atoms with van der Waals surface area (Å²) in [6.45, 7) is 3.44. The minimum Gasteiger partial charge on any atom is -0.393 e. The van der Waals surface area contributed by atoms with E-state index in [1.165, 1.54) is 0 Å². The van der Waals surface area contributed by atoms with E-state index in [0.717, 1.165) is 43.0 Å². The van der Waals surface area contributed by atoms with Crippen molar-refractivity contribution in [3.8, 4) is 0 Å². The minimum atomic E-state index is -0.213. The highest BCUT2D eigenvalue weighted by Crippen LogP contribution is 2.23. The first-order valence-electron chi connectivity index (χ1n) is 13.0. The quantitative estimate of drug-likeness (QED) is 0.273. The SMILES string of the molecule is Cc1nn(C)cc1C(=O)Nc1ccc(Nc2ccc(NC(=O)c3ccc(N4CCC(O)CC4)cc3)cc2)cc1. The number of amides is 2. The zero-order valence-electron chi connectivity index (χ0n) is 22.0. The summed E-state index contributed by atoms with van der Waals surface area (Å²) in [5.74, 6) is -0.368. The van der Waals surface area contributed by atoms with Crippen LogP contribution >= 0.6 is 0 Å². The third-order valence-corrected chi connectivity index (χ3v) is 6.79. The van der Waals surface area contributed by atoms with Crippen LogP contribution in [0.3, 0.4) is 0 Å². The molecule has 0 atom stereocenters. The van der Waals surface area contributed by atoms with Crippen LogP contribution in [0.25, 0.3) is 0 Å². The summed E-state index contributed by atoms with van der Waals surface area (Å²) in [6.07, 6.45) is 3.02. The van der Waals surface area contributed by atoms with Crippen LogP contribution in [0.1, 0.15) is 39.3 Å². The van der Waals surface area contributed by atoms with Crippen LogP contribution in [0, 0.1) is 6.92 Å². The van der Waals surface area contributed by atoms with E-state index >= 15 is 0 Å². The van der Waals surface area contributed by atoms with Crippen molar-refractivity contribution in [2.24, 2.45) is 7.05 Å². The maximum Gasteiger partial charge on any atom is 0.259 e. The molecule has 0 spiro atoms. The molecule has 2 amide bonds. The summed E-state index contributed by atoms with van der Waals surface area (Å²) >= 11 is 0. The van der Waals surface area contributed by atoms with Crippen molar-refractivity contribution in [3.05, 3.63) is 95.8 Å². The second-order valence-electron chi connectivity index (χ2n) is 9.75. The largest absolute Gasteiger partial charge is 0.393 e. The predicted molar refractivity (Wildman–Crippen MR) is 154 cm³/mol. The molecule has 1 saturated heterocycles. The van der Waals surface area contributed by atoms with Crippen LogP contribution in [-0.2, 0) is 7.05 Å². The first-order valence-corrected chi connectivity index (χ1v) is 13.0. The Morgan fingerprint density at radius 3 is 1.82 bits per heavy atom. The zero-order valence-corrected chi connectivity index (χ0v) is 22.0. The van der Waals surface area contributed by atoms with Gasteiger partial charge in [-0.05, 0) is 92.6 Å². The van der Waals surface area contributed by atoms with Gasteiger partial charge in [-0.1, -0.05) is 0 Å². The van der Waals surface area contributed by atoms with Crippen molar-refractivity contribution < 1.29 is 14.7 Å². The molecule has 200 valence electrons. The fraction of sp³-hybridized carbons (Fsp3) is 0.233. The highest BCUT2D eigenvalue weighted by Gasteiger charge is 2.17. The number of nitrogens with zero attached hydrogens (tertiary/aromatic N) is 3. The highest BCUT2D eigenvalue weighted by molar-refractivity contribution is 6.05.